The van der Waals surface area contributed by atoms with Crippen molar-refractivity contribution in [3.63, 3.8) is 0 Å². The van der Waals surface area contributed by atoms with Gasteiger partial charge in [0.1, 0.15) is 9.77 Å². The standard InChI is InChI=1S/C9H13NO6S2/c1-9(14,5-11)4-10-18(15,16)6-2-3-17-7(6)8(12)13/h2-3,10-11,14H,4-5H2,1H3,(H,12,13). The fourth-order valence-corrected chi connectivity index (χ4v) is 3.47. The minimum Gasteiger partial charge on any atom is -0.477 e. The van der Waals surface area contributed by atoms with Crippen LogP contribution in [-0.4, -0.2) is 48.5 Å². The first-order valence-corrected chi connectivity index (χ1v) is 7.19. The summed E-state index contributed by atoms with van der Waals surface area (Å²) in [5, 5.41) is 28.4. The van der Waals surface area contributed by atoms with Crippen LogP contribution in [0.2, 0.25) is 0 Å². The molecule has 0 aromatic carbocycles. The Labute approximate surface area is 108 Å². The van der Waals surface area contributed by atoms with Gasteiger partial charge in [-0.25, -0.2) is 17.9 Å². The number of carboxylic acid groups (broad SMARTS) is 1. The van der Waals surface area contributed by atoms with Gasteiger partial charge in [0.25, 0.3) is 0 Å². The topological polar surface area (TPSA) is 124 Å². The number of aromatic carboxylic acids is 1. The quantitative estimate of drug-likeness (QED) is 0.559. The minimum atomic E-state index is -4.03. The predicted octanol–water partition coefficient (Wildman–Crippen LogP) is -0.532. The minimum absolute atomic E-state index is 0.300. The maximum atomic E-state index is 11.8. The largest absolute Gasteiger partial charge is 0.477 e. The van der Waals surface area contributed by atoms with Gasteiger partial charge in [0, 0.05) is 6.54 Å². The van der Waals surface area contributed by atoms with Gasteiger partial charge in [0.15, 0.2) is 0 Å². The van der Waals surface area contributed by atoms with E-state index in [0.717, 1.165) is 11.3 Å². The lowest BCUT2D eigenvalue weighted by molar-refractivity contribution is 0.00681. The molecule has 0 saturated carbocycles. The molecule has 1 unspecified atom stereocenters. The van der Waals surface area contributed by atoms with Crippen molar-refractivity contribution in [2.75, 3.05) is 13.2 Å². The highest BCUT2D eigenvalue weighted by atomic mass is 32.2. The SMILES string of the molecule is CC(O)(CO)CNS(=O)(=O)c1ccsc1C(=O)O. The monoisotopic (exact) mass is 295 g/mol. The Kier molecular flexibility index (Phi) is 4.46. The van der Waals surface area contributed by atoms with E-state index in [2.05, 4.69) is 4.72 Å². The summed E-state index contributed by atoms with van der Waals surface area (Å²) in [6, 6.07) is 1.17. The van der Waals surface area contributed by atoms with E-state index in [9.17, 15) is 18.3 Å². The summed E-state index contributed by atoms with van der Waals surface area (Å²) in [6.45, 7) is 0.215. The Balaban J connectivity index is 2.94. The summed E-state index contributed by atoms with van der Waals surface area (Å²) in [5.74, 6) is -1.33. The van der Waals surface area contributed by atoms with Crippen LogP contribution < -0.4 is 4.72 Å². The van der Waals surface area contributed by atoms with Crippen LogP contribution in [0.1, 0.15) is 16.6 Å². The van der Waals surface area contributed by atoms with Gasteiger partial charge >= 0.3 is 5.97 Å². The number of carboxylic acids is 1. The van der Waals surface area contributed by atoms with Crippen molar-refractivity contribution < 1.29 is 28.5 Å². The molecule has 0 bridgehead atoms. The Bertz CT molecular complexity index is 533. The van der Waals surface area contributed by atoms with Crippen LogP contribution in [0.15, 0.2) is 16.3 Å². The van der Waals surface area contributed by atoms with Crippen molar-refractivity contribution in [3.05, 3.63) is 16.3 Å². The Morgan fingerprint density at radius 3 is 2.67 bits per heavy atom. The summed E-state index contributed by atoms with van der Waals surface area (Å²) in [7, 11) is -4.03. The lowest BCUT2D eigenvalue weighted by atomic mass is 10.1. The highest BCUT2D eigenvalue weighted by molar-refractivity contribution is 7.89. The van der Waals surface area contributed by atoms with Crippen molar-refractivity contribution in [3.8, 4) is 0 Å². The highest BCUT2D eigenvalue weighted by Crippen LogP contribution is 2.21. The number of rotatable bonds is 6. The molecule has 0 aliphatic rings. The molecule has 0 fully saturated rings. The maximum absolute atomic E-state index is 11.8. The molecule has 0 aliphatic heterocycles. The summed E-state index contributed by atoms with van der Waals surface area (Å²) < 4.78 is 25.7. The Hall–Kier alpha value is -1.00. The van der Waals surface area contributed by atoms with Gasteiger partial charge in [-0.1, -0.05) is 0 Å². The van der Waals surface area contributed by atoms with Crippen LogP contribution in [0.5, 0.6) is 0 Å². The van der Waals surface area contributed by atoms with Crippen LogP contribution in [-0.2, 0) is 10.0 Å². The molecule has 0 radical (unpaired) electrons. The first-order valence-electron chi connectivity index (χ1n) is 4.83. The number of hydrogen-bond acceptors (Lipinski definition) is 6. The molecule has 1 aromatic rings. The fourth-order valence-electron chi connectivity index (χ4n) is 1.05. The average Bonchev–Trinajstić information content (AvgIpc) is 2.76. The Morgan fingerprint density at radius 1 is 1.56 bits per heavy atom. The van der Waals surface area contributed by atoms with E-state index in [1.807, 2.05) is 0 Å². The molecule has 7 nitrogen and oxygen atoms in total. The van der Waals surface area contributed by atoms with E-state index in [4.69, 9.17) is 10.2 Å². The predicted molar refractivity (Wildman–Crippen MR) is 64.2 cm³/mol. The van der Waals surface area contributed by atoms with Gasteiger partial charge in [-0.05, 0) is 18.4 Å². The van der Waals surface area contributed by atoms with Gasteiger partial charge in [-0.3, -0.25) is 0 Å². The van der Waals surface area contributed by atoms with E-state index < -0.39 is 34.7 Å². The van der Waals surface area contributed by atoms with E-state index in [0.29, 0.717) is 0 Å². The number of sulfonamides is 1. The molecular formula is C9H13NO6S2. The first kappa shape index (κ1) is 15.1. The molecule has 0 aliphatic carbocycles. The van der Waals surface area contributed by atoms with Gasteiger partial charge in [-0.15, -0.1) is 11.3 Å². The van der Waals surface area contributed by atoms with E-state index in [1.54, 1.807) is 0 Å². The molecule has 0 spiro atoms. The van der Waals surface area contributed by atoms with Crippen molar-refractivity contribution in [2.45, 2.75) is 17.4 Å². The lowest BCUT2D eigenvalue weighted by Crippen LogP contribution is -2.43. The van der Waals surface area contributed by atoms with E-state index in [-0.39, 0.29) is 9.77 Å². The Morgan fingerprint density at radius 2 is 2.17 bits per heavy atom. The highest BCUT2D eigenvalue weighted by Gasteiger charge is 2.27. The second kappa shape index (κ2) is 5.33. The maximum Gasteiger partial charge on any atom is 0.347 e. The van der Waals surface area contributed by atoms with E-state index >= 15 is 0 Å². The third-order valence-electron chi connectivity index (χ3n) is 2.10. The molecule has 0 saturated heterocycles. The summed E-state index contributed by atoms with van der Waals surface area (Å²) in [4.78, 5) is 10.2. The zero-order chi connectivity index (χ0) is 14.0. The zero-order valence-corrected chi connectivity index (χ0v) is 11.1. The third-order valence-corrected chi connectivity index (χ3v) is 4.57. The lowest BCUT2D eigenvalue weighted by Gasteiger charge is -2.20. The number of aliphatic hydroxyl groups excluding tert-OH is 1. The molecule has 1 aromatic heterocycles. The number of hydrogen-bond donors (Lipinski definition) is 4. The zero-order valence-electron chi connectivity index (χ0n) is 9.45. The van der Waals surface area contributed by atoms with Crippen molar-refractivity contribution in [1.82, 2.24) is 4.72 Å². The van der Waals surface area contributed by atoms with Crippen LogP contribution in [0.4, 0.5) is 0 Å². The molecule has 18 heavy (non-hydrogen) atoms. The van der Waals surface area contributed by atoms with Gasteiger partial charge in [0.05, 0.1) is 12.2 Å². The molecule has 102 valence electrons. The number of aliphatic hydroxyl groups is 2. The van der Waals surface area contributed by atoms with Gasteiger partial charge < -0.3 is 15.3 Å². The smallest absolute Gasteiger partial charge is 0.347 e. The number of nitrogens with one attached hydrogen (secondary N) is 1. The fraction of sp³-hybridized carbons (Fsp3) is 0.444. The molecule has 1 heterocycles. The molecular weight excluding hydrogens is 282 g/mol. The van der Waals surface area contributed by atoms with Gasteiger partial charge in [0.2, 0.25) is 10.0 Å². The van der Waals surface area contributed by atoms with Crippen molar-refractivity contribution in [2.24, 2.45) is 0 Å². The normalized spacial score (nSPS) is 15.3. The van der Waals surface area contributed by atoms with Crippen molar-refractivity contribution >= 4 is 27.3 Å². The van der Waals surface area contributed by atoms with Crippen LogP contribution in [0.3, 0.4) is 0 Å². The number of thiophene rings is 1. The third kappa shape index (κ3) is 3.50. The molecule has 1 atom stereocenters. The summed E-state index contributed by atoms with van der Waals surface area (Å²) in [5.41, 5.74) is -1.60. The van der Waals surface area contributed by atoms with Gasteiger partial charge in [-0.2, -0.15) is 0 Å². The van der Waals surface area contributed by atoms with Crippen molar-refractivity contribution in [1.29, 1.82) is 0 Å². The molecule has 4 N–H and O–H groups in total. The second-order valence-corrected chi connectivity index (χ2v) is 6.55. The van der Waals surface area contributed by atoms with Crippen LogP contribution >= 0.6 is 11.3 Å². The summed E-state index contributed by atoms with van der Waals surface area (Å²) in [6.07, 6.45) is 0. The number of carbonyl (C=O) groups is 1. The second-order valence-electron chi connectivity index (χ2n) is 3.90. The summed E-state index contributed by atoms with van der Waals surface area (Å²) >= 11 is 0.793. The van der Waals surface area contributed by atoms with E-state index in [1.165, 1.54) is 18.4 Å². The molecule has 1 rings (SSSR count). The molecule has 0 amide bonds. The van der Waals surface area contributed by atoms with Crippen LogP contribution in [0, 0.1) is 0 Å². The first-order chi connectivity index (χ1) is 8.19. The molecule has 9 heteroatoms. The van der Waals surface area contributed by atoms with Crippen LogP contribution in [0.25, 0.3) is 0 Å². The average molecular weight is 295 g/mol.